The summed E-state index contributed by atoms with van der Waals surface area (Å²) in [4.78, 5) is 10.6. The maximum Gasteiger partial charge on any atom is 0.265 e. The molecule has 0 heterocycles. The van der Waals surface area contributed by atoms with Gasteiger partial charge in [0.2, 0.25) is 0 Å². The van der Waals surface area contributed by atoms with Crippen LogP contribution >= 0.6 is 0 Å². The molecular formula is C10H10N2O. The largest absolute Gasteiger partial charge is 0.290 e. The topological polar surface area (TPSA) is 55.1 Å². The molecule has 13 heavy (non-hydrogen) atoms. The third-order valence-corrected chi connectivity index (χ3v) is 1.41. The Bertz CT molecular complexity index is 337. The van der Waals surface area contributed by atoms with E-state index in [1.165, 1.54) is 6.08 Å². The van der Waals surface area contributed by atoms with Crippen LogP contribution in [0.5, 0.6) is 0 Å². The fraction of sp³-hybridized carbons (Fsp3) is 0. The molecule has 0 radical (unpaired) electrons. The molecule has 3 heteroatoms. The number of carbonyl (C=O) groups excluding carboxylic acids is 1. The molecule has 0 bridgehead atoms. The summed E-state index contributed by atoms with van der Waals surface area (Å²) in [5.74, 6) is 4.50. The second kappa shape index (κ2) is 4.93. The van der Waals surface area contributed by atoms with Crippen molar-refractivity contribution in [1.82, 2.24) is 5.43 Å². The SMILES string of the molecule is NNC(=O)C=C=Cc1ccccc1. The molecule has 1 rings (SSSR count). The third-order valence-electron chi connectivity index (χ3n) is 1.41. The van der Waals surface area contributed by atoms with Crippen LogP contribution in [0.2, 0.25) is 0 Å². The summed E-state index contributed by atoms with van der Waals surface area (Å²) in [7, 11) is 0. The predicted octanol–water partition coefficient (Wildman–Crippen LogP) is 0.845. The quantitative estimate of drug-likeness (QED) is 0.229. The van der Waals surface area contributed by atoms with Gasteiger partial charge in [-0.25, -0.2) is 5.84 Å². The molecule has 0 atom stereocenters. The van der Waals surface area contributed by atoms with Crippen molar-refractivity contribution in [3.8, 4) is 0 Å². The zero-order valence-corrected chi connectivity index (χ0v) is 7.03. The minimum Gasteiger partial charge on any atom is -0.290 e. The first-order valence-corrected chi connectivity index (χ1v) is 3.81. The van der Waals surface area contributed by atoms with Crippen LogP contribution in [-0.4, -0.2) is 5.91 Å². The van der Waals surface area contributed by atoms with Crippen molar-refractivity contribution in [2.24, 2.45) is 5.84 Å². The molecule has 0 fully saturated rings. The van der Waals surface area contributed by atoms with Crippen LogP contribution < -0.4 is 11.3 Å². The molecule has 1 amide bonds. The Hall–Kier alpha value is -1.83. The summed E-state index contributed by atoms with van der Waals surface area (Å²) in [6.07, 6.45) is 2.95. The van der Waals surface area contributed by atoms with Gasteiger partial charge in [-0.05, 0) is 11.6 Å². The van der Waals surface area contributed by atoms with Gasteiger partial charge in [0.05, 0.1) is 0 Å². The predicted molar refractivity (Wildman–Crippen MR) is 51.3 cm³/mol. The van der Waals surface area contributed by atoms with Crippen molar-refractivity contribution >= 4 is 12.0 Å². The first-order chi connectivity index (χ1) is 6.33. The second-order valence-corrected chi connectivity index (χ2v) is 2.37. The van der Waals surface area contributed by atoms with E-state index in [0.717, 1.165) is 5.56 Å². The lowest BCUT2D eigenvalue weighted by Gasteiger charge is -1.87. The molecule has 1 aromatic carbocycles. The van der Waals surface area contributed by atoms with Gasteiger partial charge in [-0.2, -0.15) is 0 Å². The Morgan fingerprint density at radius 3 is 2.69 bits per heavy atom. The zero-order chi connectivity index (χ0) is 9.52. The van der Waals surface area contributed by atoms with Crippen LogP contribution in [0.4, 0.5) is 0 Å². The van der Waals surface area contributed by atoms with E-state index in [2.05, 4.69) is 5.73 Å². The molecule has 66 valence electrons. The van der Waals surface area contributed by atoms with Crippen LogP contribution in [0.15, 0.2) is 42.1 Å². The Morgan fingerprint density at radius 1 is 1.38 bits per heavy atom. The molecule has 0 saturated carbocycles. The van der Waals surface area contributed by atoms with Gasteiger partial charge in [0.15, 0.2) is 0 Å². The highest BCUT2D eigenvalue weighted by Crippen LogP contribution is 1.98. The lowest BCUT2D eigenvalue weighted by molar-refractivity contribution is -0.116. The van der Waals surface area contributed by atoms with Gasteiger partial charge in [0, 0.05) is 6.08 Å². The van der Waals surface area contributed by atoms with E-state index in [1.807, 2.05) is 35.8 Å². The fourth-order valence-corrected chi connectivity index (χ4v) is 0.805. The summed E-state index contributed by atoms with van der Waals surface area (Å²) < 4.78 is 0. The van der Waals surface area contributed by atoms with Gasteiger partial charge in [0.1, 0.15) is 0 Å². The molecule has 0 unspecified atom stereocenters. The van der Waals surface area contributed by atoms with Gasteiger partial charge in [-0.1, -0.05) is 30.3 Å². The lowest BCUT2D eigenvalue weighted by atomic mass is 10.2. The number of nitrogens with two attached hydrogens (primary N) is 1. The molecule has 0 aliphatic rings. The summed E-state index contributed by atoms with van der Waals surface area (Å²) >= 11 is 0. The normalized spacial score (nSPS) is 8.38. The highest BCUT2D eigenvalue weighted by Gasteiger charge is 1.84. The summed E-state index contributed by atoms with van der Waals surface area (Å²) in [6, 6.07) is 9.59. The molecule has 0 aliphatic carbocycles. The number of hydrazine groups is 1. The van der Waals surface area contributed by atoms with Gasteiger partial charge in [-0.3, -0.25) is 10.2 Å². The lowest BCUT2D eigenvalue weighted by Crippen LogP contribution is -2.27. The number of rotatable bonds is 2. The van der Waals surface area contributed by atoms with Crippen molar-refractivity contribution in [2.45, 2.75) is 0 Å². The second-order valence-electron chi connectivity index (χ2n) is 2.37. The van der Waals surface area contributed by atoms with Crippen molar-refractivity contribution in [2.75, 3.05) is 0 Å². The third kappa shape index (κ3) is 3.38. The van der Waals surface area contributed by atoms with Crippen molar-refractivity contribution < 1.29 is 4.79 Å². The average Bonchev–Trinajstić information content (AvgIpc) is 2.19. The maximum atomic E-state index is 10.6. The number of amides is 1. The Balaban J connectivity index is 2.69. The molecule has 0 saturated heterocycles. The standard InChI is InChI=1S/C10H10N2O/c11-12-10(13)8-4-7-9-5-2-1-3-6-9/h1-3,5-8H,11H2,(H,12,13). The first kappa shape index (κ1) is 9.26. The number of hydrogen-bond acceptors (Lipinski definition) is 2. The van der Waals surface area contributed by atoms with E-state index in [1.54, 1.807) is 6.08 Å². The van der Waals surface area contributed by atoms with Gasteiger partial charge in [0.25, 0.3) is 5.91 Å². The van der Waals surface area contributed by atoms with Gasteiger partial charge in [-0.15, -0.1) is 5.73 Å². The number of carbonyl (C=O) groups is 1. The number of nitrogens with one attached hydrogen (secondary N) is 1. The number of benzene rings is 1. The Morgan fingerprint density at radius 2 is 2.08 bits per heavy atom. The van der Waals surface area contributed by atoms with Crippen molar-refractivity contribution in [3.63, 3.8) is 0 Å². The van der Waals surface area contributed by atoms with E-state index >= 15 is 0 Å². The van der Waals surface area contributed by atoms with Crippen molar-refractivity contribution in [1.29, 1.82) is 0 Å². The minimum absolute atomic E-state index is 0.368. The van der Waals surface area contributed by atoms with E-state index in [0.29, 0.717) is 0 Å². The van der Waals surface area contributed by atoms with E-state index in [-0.39, 0.29) is 5.91 Å². The molecule has 0 aliphatic heterocycles. The molecular weight excluding hydrogens is 164 g/mol. The first-order valence-electron chi connectivity index (χ1n) is 3.81. The Kier molecular flexibility index (Phi) is 3.51. The van der Waals surface area contributed by atoms with Crippen LogP contribution in [0.1, 0.15) is 5.56 Å². The van der Waals surface area contributed by atoms with Crippen LogP contribution in [0.25, 0.3) is 6.08 Å². The smallest absolute Gasteiger partial charge is 0.265 e. The molecule has 3 N–H and O–H groups in total. The van der Waals surface area contributed by atoms with Crippen LogP contribution in [0, 0.1) is 0 Å². The van der Waals surface area contributed by atoms with Crippen LogP contribution in [-0.2, 0) is 4.79 Å². The van der Waals surface area contributed by atoms with Gasteiger partial charge < -0.3 is 0 Å². The highest BCUT2D eigenvalue weighted by molar-refractivity contribution is 5.87. The minimum atomic E-state index is -0.368. The Labute approximate surface area is 76.5 Å². The van der Waals surface area contributed by atoms with Gasteiger partial charge >= 0.3 is 0 Å². The molecule has 0 spiro atoms. The van der Waals surface area contributed by atoms with E-state index < -0.39 is 0 Å². The highest BCUT2D eigenvalue weighted by atomic mass is 16.2. The monoisotopic (exact) mass is 174 g/mol. The van der Waals surface area contributed by atoms with E-state index in [9.17, 15) is 4.79 Å². The van der Waals surface area contributed by atoms with E-state index in [4.69, 9.17) is 5.84 Å². The number of hydrogen-bond donors (Lipinski definition) is 2. The van der Waals surface area contributed by atoms with Crippen molar-refractivity contribution in [3.05, 3.63) is 47.7 Å². The fourth-order valence-electron chi connectivity index (χ4n) is 0.805. The van der Waals surface area contributed by atoms with Crippen LogP contribution in [0.3, 0.4) is 0 Å². The molecule has 3 nitrogen and oxygen atoms in total. The average molecular weight is 174 g/mol. The summed E-state index contributed by atoms with van der Waals surface area (Å²) in [5, 5.41) is 0. The molecule has 1 aromatic rings. The summed E-state index contributed by atoms with van der Waals surface area (Å²) in [6.45, 7) is 0. The molecule has 0 aromatic heterocycles. The zero-order valence-electron chi connectivity index (χ0n) is 7.03. The summed E-state index contributed by atoms with van der Waals surface area (Å²) in [5.41, 5.74) is 5.67. The maximum absolute atomic E-state index is 10.6.